The highest BCUT2D eigenvalue weighted by Gasteiger charge is 2.31. The fraction of sp³-hybridized carbons (Fsp3) is 0.526. The summed E-state index contributed by atoms with van der Waals surface area (Å²) in [5.74, 6) is -2.33. The van der Waals surface area contributed by atoms with Gasteiger partial charge in [0.2, 0.25) is 0 Å². The Bertz CT molecular complexity index is 597. The quantitative estimate of drug-likeness (QED) is 0.493. The van der Waals surface area contributed by atoms with Crippen molar-refractivity contribution in [1.82, 2.24) is 0 Å². The van der Waals surface area contributed by atoms with E-state index in [0.717, 1.165) is 18.4 Å². The lowest BCUT2D eigenvalue weighted by Crippen LogP contribution is -2.25. The third kappa shape index (κ3) is 6.18. The van der Waals surface area contributed by atoms with E-state index in [1.54, 1.807) is 12.1 Å². The minimum atomic E-state index is -4.64. The number of ether oxygens (including phenoxy) is 1. The van der Waals surface area contributed by atoms with Crippen molar-refractivity contribution in [3.63, 3.8) is 0 Å². The first-order chi connectivity index (χ1) is 11.8. The molecule has 0 aliphatic heterocycles. The number of aryl methyl sites for hydroxylation is 1. The molecule has 1 fully saturated rings. The fourth-order valence-electron chi connectivity index (χ4n) is 3.05. The Morgan fingerprint density at radius 1 is 1.16 bits per heavy atom. The molecule has 0 unspecified atom stereocenters. The van der Waals surface area contributed by atoms with Crippen molar-refractivity contribution in [1.29, 1.82) is 0 Å². The Kier molecular flexibility index (Phi) is 6.62. The van der Waals surface area contributed by atoms with Gasteiger partial charge >= 0.3 is 12.1 Å². The molecule has 1 aliphatic carbocycles. The summed E-state index contributed by atoms with van der Waals surface area (Å²) < 4.78 is 55.5. The molecule has 2 nitrogen and oxygen atoms in total. The van der Waals surface area contributed by atoms with Gasteiger partial charge in [-0.15, -0.1) is 0 Å². The number of rotatable bonds is 5. The highest BCUT2D eigenvalue weighted by atomic mass is 19.4. The summed E-state index contributed by atoms with van der Waals surface area (Å²) in [5, 5.41) is 0. The lowest BCUT2D eigenvalue weighted by atomic mass is 9.86. The highest BCUT2D eigenvalue weighted by molar-refractivity contribution is 5.89. The normalized spacial score (nSPS) is 21.9. The Hall–Kier alpha value is -1.85. The molecular weight excluding hydrogens is 336 g/mol. The molecule has 0 amide bonds. The number of halogens is 4. The van der Waals surface area contributed by atoms with Crippen LogP contribution < -0.4 is 0 Å². The molecular formula is C19H22F4O2. The molecule has 0 N–H and O–H groups in total. The van der Waals surface area contributed by atoms with Gasteiger partial charge in [-0.3, -0.25) is 0 Å². The Morgan fingerprint density at radius 2 is 1.76 bits per heavy atom. The second-order valence-corrected chi connectivity index (χ2v) is 6.40. The molecule has 0 bridgehead atoms. The first-order valence-corrected chi connectivity index (χ1v) is 8.53. The van der Waals surface area contributed by atoms with Crippen molar-refractivity contribution in [2.45, 2.75) is 57.7 Å². The first kappa shape index (κ1) is 19.5. The van der Waals surface area contributed by atoms with Gasteiger partial charge in [-0.05, 0) is 49.8 Å². The van der Waals surface area contributed by atoms with Crippen molar-refractivity contribution < 1.29 is 27.1 Å². The monoisotopic (exact) mass is 358 g/mol. The van der Waals surface area contributed by atoms with Crippen LogP contribution in [0.2, 0.25) is 0 Å². The van der Waals surface area contributed by atoms with Gasteiger partial charge in [0.05, 0.1) is 11.6 Å². The summed E-state index contributed by atoms with van der Waals surface area (Å²) in [6.07, 6.45) is -2.12. The SMILES string of the molecule is CCCc1ccc(C(=O)OC2CCC(/C(F)=C/C(F)(F)F)CC2)cc1. The van der Waals surface area contributed by atoms with Crippen LogP contribution in [-0.2, 0) is 11.2 Å². The van der Waals surface area contributed by atoms with Gasteiger partial charge < -0.3 is 4.74 Å². The zero-order valence-corrected chi connectivity index (χ0v) is 14.1. The van der Waals surface area contributed by atoms with Crippen molar-refractivity contribution in [3.05, 3.63) is 47.3 Å². The number of carbonyl (C=O) groups is 1. The predicted molar refractivity (Wildman–Crippen MR) is 86.8 cm³/mol. The molecule has 0 atom stereocenters. The summed E-state index contributed by atoms with van der Waals surface area (Å²) >= 11 is 0. The van der Waals surface area contributed by atoms with E-state index in [1.807, 2.05) is 12.1 Å². The molecule has 2 rings (SSSR count). The molecule has 0 aromatic heterocycles. The number of hydrogen-bond donors (Lipinski definition) is 0. The lowest BCUT2D eigenvalue weighted by molar-refractivity contribution is -0.0821. The van der Waals surface area contributed by atoms with Gasteiger partial charge in [-0.2, -0.15) is 13.2 Å². The summed E-state index contributed by atoms with van der Waals surface area (Å²) in [6, 6.07) is 7.19. The summed E-state index contributed by atoms with van der Waals surface area (Å²) in [6.45, 7) is 2.07. The first-order valence-electron chi connectivity index (χ1n) is 8.53. The van der Waals surface area contributed by atoms with Crippen LogP contribution in [-0.4, -0.2) is 18.2 Å². The molecule has 1 aromatic rings. The van der Waals surface area contributed by atoms with Crippen molar-refractivity contribution in [3.8, 4) is 0 Å². The van der Waals surface area contributed by atoms with E-state index >= 15 is 0 Å². The van der Waals surface area contributed by atoms with Crippen molar-refractivity contribution in [2.24, 2.45) is 5.92 Å². The maximum absolute atomic E-state index is 13.6. The molecule has 0 saturated heterocycles. The number of esters is 1. The minimum Gasteiger partial charge on any atom is -0.459 e. The molecule has 0 heterocycles. The van der Waals surface area contributed by atoms with Crippen molar-refractivity contribution >= 4 is 5.97 Å². The Balaban J connectivity index is 1.85. The van der Waals surface area contributed by atoms with E-state index in [2.05, 4.69) is 6.92 Å². The zero-order chi connectivity index (χ0) is 18.4. The van der Waals surface area contributed by atoms with E-state index < -0.39 is 23.9 Å². The van der Waals surface area contributed by atoms with Gasteiger partial charge in [-0.25, -0.2) is 9.18 Å². The van der Waals surface area contributed by atoms with Gasteiger partial charge in [0.15, 0.2) is 0 Å². The third-order valence-corrected chi connectivity index (χ3v) is 4.37. The van der Waals surface area contributed by atoms with E-state index in [1.165, 1.54) is 0 Å². The van der Waals surface area contributed by atoms with Crippen LogP contribution in [0.4, 0.5) is 17.6 Å². The number of carbonyl (C=O) groups excluding carboxylic acids is 1. The number of benzene rings is 1. The number of hydrogen-bond acceptors (Lipinski definition) is 2. The van der Waals surface area contributed by atoms with Gasteiger partial charge in [0.1, 0.15) is 11.9 Å². The Labute approximate surface area is 144 Å². The van der Waals surface area contributed by atoms with Crippen LogP contribution in [0.1, 0.15) is 54.9 Å². The second-order valence-electron chi connectivity index (χ2n) is 6.40. The molecule has 1 aliphatic rings. The van der Waals surface area contributed by atoms with E-state index in [4.69, 9.17) is 4.74 Å². The largest absolute Gasteiger partial charge is 0.459 e. The molecule has 1 aromatic carbocycles. The molecule has 0 spiro atoms. The zero-order valence-electron chi connectivity index (χ0n) is 14.1. The standard InChI is InChI=1S/C19H22F4O2/c1-2-3-13-4-6-15(7-5-13)18(24)25-16-10-8-14(9-11-16)17(20)12-19(21,22)23/h4-7,12,14,16H,2-3,8-11H2,1H3/b17-12-. The molecule has 6 heteroatoms. The molecule has 0 radical (unpaired) electrons. The van der Waals surface area contributed by atoms with Crippen LogP contribution >= 0.6 is 0 Å². The summed E-state index contributed by atoms with van der Waals surface area (Å²) in [4.78, 5) is 12.1. The third-order valence-electron chi connectivity index (χ3n) is 4.37. The molecule has 138 valence electrons. The topological polar surface area (TPSA) is 26.3 Å². The van der Waals surface area contributed by atoms with Crippen LogP contribution in [0, 0.1) is 5.92 Å². The maximum Gasteiger partial charge on any atom is 0.412 e. The fourth-order valence-corrected chi connectivity index (χ4v) is 3.05. The molecule has 1 saturated carbocycles. The van der Waals surface area contributed by atoms with E-state index in [0.29, 0.717) is 18.4 Å². The lowest BCUT2D eigenvalue weighted by Gasteiger charge is -2.27. The number of alkyl halides is 3. The Morgan fingerprint density at radius 3 is 2.28 bits per heavy atom. The maximum atomic E-state index is 13.6. The minimum absolute atomic E-state index is 0.242. The highest BCUT2D eigenvalue weighted by Crippen LogP contribution is 2.34. The number of allylic oxidation sites excluding steroid dienone is 2. The van der Waals surface area contributed by atoms with Crippen molar-refractivity contribution in [2.75, 3.05) is 0 Å². The van der Waals surface area contributed by atoms with E-state index in [9.17, 15) is 22.4 Å². The van der Waals surface area contributed by atoms with Gasteiger partial charge in [-0.1, -0.05) is 25.5 Å². The summed E-state index contributed by atoms with van der Waals surface area (Å²) in [5.41, 5.74) is 1.59. The predicted octanol–water partition coefficient (Wildman–Crippen LogP) is 5.77. The van der Waals surface area contributed by atoms with Crippen LogP contribution in [0.3, 0.4) is 0 Å². The van der Waals surface area contributed by atoms with Crippen LogP contribution in [0.25, 0.3) is 0 Å². The van der Waals surface area contributed by atoms with Crippen LogP contribution in [0.5, 0.6) is 0 Å². The van der Waals surface area contributed by atoms with E-state index in [-0.39, 0.29) is 25.0 Å². The second kappa shape index (κ2) is 8.50. The van der Waals surface area contributed by atoms with Crippen LogP contribution in [0.15, 0.2) is 36.2 Å². The average molecular weight is 358 g/mol. The molecule has 25 heavy (non-hydrogen) atoms. The smallest absolute Gasteiger partial charge is 0.412 e. The average Bonchev–Trinajstić information content (AvgIpc) is 2.55. The van der Waals surface area contributed by atoms with Gasteiger partial charge in [0, 0.05) is 5.92 Å². The van der Waals surface area contributed by atoms with Gasteiger partial charge in [0.25, 0.3) is 0 Å². The summed E-state index contributed by atoms with van der Waals surface area (Å²) in [7, 11) is 0.